The van der Waals surface area contributed by atoms with Crippen molar-refractivity contribution in [2.75, 3.05) is 33.9 Å². The number of nitrogens with one attached hydrogen (secondary N) is 1. The third kappa shape index (κ3) is 4.11. The maximum absolute atomic E-state index is 5.97. The van der Waals surface area contributed by atoms with E-state index in [0.29, 0.717) is 6.61 Å². The summed E-state index contributed by atoms with van der Waals surface area (Å²) < 4.78 is 16.8. The number of hydrogen-bond acceptors (Lipinski definition) is 4. The second-order valence-corrected chi connectivity index (χ2v) is 4.80. The minimum atomic E-state index is 0.144. The summed E-state index contributed by atoms with van der Waals surface area (Å²) in [5.74, 6) is 1.62. The van der Waals surface area contributed by atoms with Crippen LogP contribution in [0.3, 0.4) is 0 Å². The number of methoxy groups -OCH3 is 1. The summed E-state index contributed by atoms with van der Waals surface area (Å²) in [6.45, 7) is 2.48. The standard InChI is InChI=1S/C15H23NO3/c1-16-8-7-12-5-6-14(15(10-12)17-2)19-13-4-3-9-18-11-13/h5-6,10,13,16H,3-4,7-9,11H2,1-2H3. The first-order chi connectivity index (χ1) is 9.33. The minimum absolute atomic E-state index is 0.144. The highest BCUT2D eigenvalue weighted by atomic mass is 16.5. The van der Waals surface area contributed by atoms with Gasteiger partial charge in [-0.2, -0.15) is 0 Å². The highest BCUT2D eigenvalue weighted by molar-refractivity contribution is 5.43. The Morgan fingerprint density at radius 1 is 1.37 bits per heavy atom. The van der Waals surface area contributed by atoms with Crippen LogP contribution in [0.25, 0.3) is 0 Å². The molecule has 1 heterocycles. The number of rotatable bonds is 6. The molecule has 0 saturated carbocycles. The van der Waals surface area contributed by atoms with Crippen LogP contribution in [-0.4, -0.2) is 40.0 Å². The third-order valence-electron chi connectivity index (χ3n) is 3.30. The lowest BCUT2D eigenvalue weighted by Crippen LogP contribution is -2.28. The lowest BCUT2D eigenvalue weighted by molar-refractivity contribution is 0.00643. The Hall–Kier alpha value is -1.26. The summed E-state index contributed by atoms with van der Waals surface area (Å²) in [6, 6.07) is 6.15. The molecule has 4 nitrogen and oxygen atoms in total. The van der Waals surface area contributed by atoms with Gasteiger partial charge in [0.25, 0.3) is 0 Å². The van der Waals surface area contributed by atoms with Crippen LogP contribution in [0.2, 0.25) is 0 Å². The quantitative estimate of drug-likeness (QED) is 0.854. The van der Waals surface area contributed by atoms with Gasteiger partial charge in [-0.1, -0.05) is 6.07 Å². The Morgan fingerprint density at radius 3 is 2.95 bits per heavy atom. The molecule has 4 heteroatoms. The average Bonchev–Trinajstić information content (AvgIpc) is 2.47. The molecule has 0 radical (unpaired) electrons. The van der Waals surface area contributed by atoms with E-state index in [9.17, 15) is 0 Å². The van der Waals surface area contributed by atoms with Gasteiger partial charge in [0.2, 0.25) is 0 Å². The molecule has 2 rings (SSSR count). The molecule has 106 valence electrons. The van der Waals surface area contributed by atoms with Crippen molar-refractivity contribution in [3.05, 3.63) is 23.8 Å². The number of likely N-dealkylation sites (N-methyl/N-ethyl adjacent to an activating group) is 1. The van der Waals surface area contributed by atoms with Crippen LogP contribution in [0.1, 0.15) is 18.4 Å². The second-order valence-electron chi connectivity index (χ2n) is 4.80. The largest absolute Gasteiger partial charge is 0.493 e. The molecule has 1 unspecified atom stereocenters. The summed E-state index contributed by atoms with van der Waals surface area (Å²) in [5, 5.41) is 3.15. The normalized spacial score (nSPS) is 19.2. The van der Waals surface area contributed by atoms with Crippen LogP contribution in [0.4, 0.5) is 0 Å². The van der Waals surface area contributed by atoms with E-state index >= 15 is 0 Å². The van der Waals surface area contributed by atoms with E-state index in [-0.39, 0.29) is 6.10 Å². The molecule has 0 aliphatic carbocycles. The number of ether oxygens (including phenoxy) is 3. The fourth-order valence-electron chi connectivity index (χ4n) is 2.22. The van der Waals surface area contributed by atoms with Crippen molar-refractivity contribution in [1.82, 2.24) is 5.32 Å². The van der Waals surface area contributed by atoms with Gasteiger partial charge in [-0.05, 0) is 50.6 Å². The monoisotopic (exact) mass is 265 g/mol. The van der Waals surface area contributed by atoms with Gasteiger partial charge in [0, 0.05) is 6.61 Å². The maximum Gasteiger partial charge on any atom is 0.161 e. The highest BCUT2D eigenvalue weighted by Crippen LogP contribution is 2.30. The number of hydrogen-bond donors (Lipinski definition) is 1. The van der Waals surface area contributed by atoms with Gasteiger partial charge >= 0.3 is 0 Å². The van der Waals surface area contributed by atoms with Crippen LogP contribution in [0.5, 0.6) is 11.5 Å². The van der Waals surface area contributed by atoms with Crippen molar-refractivity contribution in [3.63, 3.8) is 0 Å². The first-order valence-electron chi connectivity index (χ1n) is 6.89. The average molecular weight is 265 g/mol. The van der Waals surface area contributed by atoms with E-state index < -0.39 is 0 Å². The van der Waals surface area contributed by atoms with Crippen molar-refractivity contribution in [2.24, 2.45) is 0 Å². The molecule has 1 aromatic rings. The molecular formula is C15H23NO3. The zero-order valence-electron chi connectivity index (χ0n) is 11.8. The van der Waals surface area contributed by atoms with E-state index in [1.165, 1.54) is 5.56 Å². The fraction of sp³-hybridized carbons (Fsp3) is 0.600. The zero-order valence-corrected chi connectivity index (χ0v) is 11.8. The Bertz CT molecular complexity index is 389. The Kier molecular flexibility index (Phi) is 5.48. The summed E-state index contributed by atoms with van der Waals surface area (Å²) in [5.41, 5.74) is 1.25. The van der Waals surface area contributed by atoms with E-state index in [0.717, 1.165) is 43.9 Å². The lowest BCUT2D eigenvalue weighted by Gasteiger charge is -2.24. The Labute approximate surface area is 115 Å². The van der Waals surface area contributed by atoms with Crippen LogP contribution in [-0.2, 0) is 11.2 Å². The van der Waals surface area contributed by atoms with E-state index in [2.05, 4.69) is 17.4 Å². The molecule has 1 N–H and O–H groups in total. The summed E-state index contributed by atoms with van der Waals surface area (Å²) in [6.07, 6.45) is 3.24. The van der Waals surface area contributed by atoms with Gasteiger partial charge in [-0.25, -0.2) is 0 Å². The van der Waals surface area contributed by atoms with Crippen LogP contribution >= 0.6 is 0 Å². The van der Waals surface area contributed by atoms with E-state index in [1.807, 2.05) is 13.1 Å². The molecule has 0 bridgehead atoms. The number of benzene rings is 1. The van der Waals surface area contributed by atoms with Gasteiger partial charge < -0.3 is 19.5 Å². The lowest BCUT2D eigenvalue weighted by atomic mass is 10.1. The first kappa shape index (κ1) is 14.2. The van der Waals surface area contributed by atoms with Gasteiger partial charge in [-0.15, -0.1) is 0 Å². The highest BCUT2D eigenvalue weighted by Gasteiger charge is 2.17. The molecule has 0 aromatic heterocycles. The SMILES string of the molecule is CNCCc1ccc(OC2CCCOC2)c(OC)c1. The van der Waals surface area contributed by atoms with Crippen LogP contribution < -0.4 is 14.8 Å². The summed E-state index contributed by atoms with van der Waals surface area (Å²) in [7, 11) is 3.64. The van der Waals surface area contributed by atoms with Crippen LogP contribution in [0, 0.1) is 0 Å². The van der Waals surface area contributed by atoms with Crippen LogP contribution in [0.15, 0.2) is 18.2 Å². The first-order valence-corrected chi connectivity index (χ1v) is 6.89. The van der Waals surface area contributed by atoms with Crippen molar-refractivity contribution >= 4 is 0 Å². The van der Waals surface area contributed by atoms with E-state index in [1.54, 1.807) is 7.11 Å². The third-order valence-corrected chi connectivity index (χ3v) is 3.30. The summed E-state index contributed by atoms with van der Waals surface area (Å²) in [4.78, 5) is 0. The molecule has 1 aliphatic rings. The van der Waals surface area contributed by atoms with Gasteiger partial charge in [0.1, 0.15) is 6.10 Å². The van der Waals surface area contributed by atoms with Gasteiger partial charge in [0.05, 0.1) is 13.7 Å². The topological polar surface area (TPSA) is 39.7 Å². The Morgan fingerprint density at radius 2 is 2.26 bits per heavy atom. The van der Waals surface area contributed by atoms with Crippen molar-refractivity contribution < 1.29 is 14.2 Å². The van der Waals surface area contributed by atoms with Crippen molar-refractivity contribution in [1.29, 1.82) is 0 Å². The predicted octanol–water partition coefficient (Wildman–Crippen LogP) is 2.01. The smallest absolute Gasteiger partial charge is 0.161 e. The minimum Gasteiger partial charge on any atom is -0.493 e. The molecular weight excluding hydrogens is 242 g/mol. The molecule has 1 saturated heterocycles. The maximum atomic E-state index is 5.97. The molecule has 0 spiro atoms. The predicted molar refractivity (Wildman–Crippen MR) is 75.1 cm³/mol. The van der Waals surface area contributed by atoms with Crippen molar-refractivity contribution in [2.45, 2.75) is 25.4 Å². The van der Waals surface area contributed by atoms with Crippen molar-refractivity contribution in [3.8, 4) is 11.5 Å². The zero-order chi connectivity index (χ0) is 13.5. The van der Waals surface area contributed by atoms with Gasteiger partial charge in [0.15, 0.2) is 11.5 Å². The fourth-order valence-corrected chi connectivity index (χ4v) is 2.22. The van der Waals surface area contributed by atoms with E-state index in [4.69, 9.17) is 14.2 Å². The van der Waals surface area contributed by atoms with Gasteiger partial charge in [-0.3, -0.25) is 0 Å². The molecule has 1 aromatic carbocycles. The molecule has 1 atom stereocenters. The second kappa shape index (κ2) is 7.36. The molecule has 19 heavy (non-hydrogen) atoms. The molecule has 1 aliphatic heterocycles. The summed E-state index contributed by atoms with van der Waals surface area (Å²) >= 11 is 0. The molecule has 1 fully saturated rings. The molecule has 0 amide bonds. The Balaban J connectivity index is 2.02.